The van der Waals surface area contributed by atoms with Crippen LogP contribution in [0.1, 0.15) is 29.5 Å². The van der Waals surface area contributed by atoms with E-state index in [4.69, 9.17) is 0 Å². The SMILES string of the molecule is C=CCn1c(CNC(=O)c2ccccc2F)nnc1S[C@H](CC)C(=O)Nc1ccccc1. The van der Waals surface area contributed by atoms with Crippen molar-refractivity contribution in [3.63, 3.8) is 0 Å². The van der Waals surface area contributed by atoms with Crippen molar-refractivity contribution in [2.24, 2.45) is 0 Å². The minimum atomic E-state index is -0.594. The van der Waals surface area contributed by atoms with Gasteiger partial charge >= 0.3 is 0 Å². The second-order valence-electron chi connectivity index (χ2n) is 6.83. The lowest BCUT2D eigenvalue weighted by Crippen LogP contribution is -2.26. The summed E-state index contributed by atoms with van der Waals surface area (Å²) in [6.07, 6.45) is 2.27. The largest absolute Gasteiger partial charge is 0.345 e. The molecule has 0 unspecified atom stereocenters. The normalized spacial score (nSPS) is 11.6. The van der Waals surface area contributed by atoms with E-state index in [2.05, 4.69) is 27.4 Å². The molecule has 0 radical (unpaired) electrons. The first-order valence-corrected chi connectivity index (χ1v) is 11.0. The maximum Gasteiger partial charge on any atom is 0.254 e. The summed E-state index contributed by atoms with van der Waals surface area (Å²) in [5, 5.41) is 14.1. The van der Waals surface area contributed by atoms with Crippen LogP contribution >= 0.6 is 11.8 Å². The summed E-state index contributed by atoms with van der Waals surface area (Å²) in [5.74, 6) is -0.787. The molecule has 32 heavy (non-hydrogen) atoms. The summed E-state index contributed by atoms with van der Waals surface area (Å²) in [6.45, 7) is 6.14. The van der Waals surface area contributed by atoms with Gasteiger partial charge in [0.15, 0.2) is 11.0 Å². The Morgan fingerprint density at radius 3 is 2.56 bits per heavy atom. The van der Waals surface area contributed by atoms with Gasteiger partial charge in [-0.05, 0) is 30.7 Å². The number of nitrogens with zero attached hydrogens (tertiary/aromatic N) is 3. The molecule has 1 atom stereocenters. The number of halogens is 1. The van der Waals surface area contributed by atoms with E-state index in [-0.39, 0.29) is 23.3 Å². The number of thioether (sulfide) groups is 1. The van der Waals surface area contributed by atoms with Crippen LogP contribution in [0, 0.1) is 5.82 Å². The van der Waals surface area contributed by atoms with Gasteiger partial charge in [0.25, 0.3) is 5.91 Å². The Kier molecular flexibility index (Phi) is 8.15. The molecular formula is C23H24FN5O2S. The van der Waals surface area contributed by atoms with Crippen LogP contribution in [-0.4, -0.2) is 31.8 Å². The van der Waals surface area contributed by atoms with E-state index in [9.17, 15) is 14.0 Å². The molecule has 1 aromatic heterocycles. The van der Waals surface area contributed by atoms with Crippen molar-refractivity contribution in [2.75, 3.05) is 5.32 Å². The molecule has 0 fully saturated rings. The highest BCUT2D eigenvalue weighted by Crippen LogP contribution is 2.26. The maximum absolute atomic E-state index is 13.8. The standard InChI is InChI=1S/C23H24FN5O2S/c1-3-14-29-20(15-25-21(30)17-12-8-9-13-18(17)24)27-28-23(29)32-19(4-2)22(31)26-16-10-6-5-7-11-16/h3,5-13,19H,1,4,14-15H2,2H3,(H,25,30)(H,26,31)/t19-/m1/s1. The number of benzene rings is 2. The Bertz CT molecular complexity index is 1090. The molecule has 0 spiro atoms. The zero-order valence-corrected chi connectivity index (χ0v) is 18.4. The highest BCUT2D eigenvalue weighted by Gasteiger charge is 2.23. The summed E-state index contributed by atoms with van der Waals surface area (Å²) in [6, 6.07) is 15.0. The van der Waals surface area contributed by atoms with E-state index < -0.39 is 11.7 Å². The molecular weight excluding hydrogens is 429 g/mol. The Morgan fingerprint density at radius 2 is 1.88 bits per heavy atom. The highest BCUT2D eigenvalue weighted by molar-refractivity contribution is 8.00. The lowest BCUT2D eigenvalue weighted by atomic mass is 10.2. The molecule has 7 nitrogen and oxygen atoms in total. The number of nitrogens with one attached hydrogen (secondary N) is 2. The molecule has 0 aliphatic carbocycles. The van der Waals surface area contributed by atoms with Gasteiger partial charge in [-0.15, -0.1) is 16.8 Å². The second-order valence-corrected chi connectivity index (χ2v) is 8.00. The number of anilines is 1. The third kappa shape index (κ3) is 5.82. The van der Waals surface area contributed by atoms with Crippen LogP contribution in [0.2, 0.25) is 0 Å². The maximum atomic E-state index is 13.8. The van der Waals surface area contributed by atoms with Crippen LogP contribution in [0.5, 0.6) is 0 Å². The molecule has 0 aliphatic heterocycles. The second kappa shape index (κ2) is 11.2. The predicted octanol–water partition coefficient (Wildman–Crippen LogP) is 4.04. The lowest BCUT2D eigenvalue weighted by molar-refractivity contribution is -0.115. The van der Waals surface area contributed by atoms with Gasteiger partial charge < -0.3 is 15.2 Å². The number of carbonyl (C=O) groups is 2. The Hall–Kier alpha value is -3.46. The molecule has 9 heteroatoms. The van der Waals surface area contributed by atoms with Crippen molar-refractivity contribution in [1.82, 2.24) is 20.1 Å². The first-order valence-electron chi connectivity index (χ1n) is 10.1. The minimum absolute atomic E-state index is 0.0412. The molecule has 0 saturated heterocycles. The number of carbonyl (C=O) groups excluding carboxylic acids is 2. The smallest absolute Gasteiger partial charge is 0.254 e. The van der Waals surface area contributed by atoms with E-state index in [1.54, 1.807) is 16.7 Å². The number of hydrogen-bond acceptors (Lipinski definition) is 5. The van der Waals surface area contributed by atoms with Gasteiger partial charge in [-0.25, -0.2) is 4.39 Å². The Balaban J connectivity index is 1.70. The summed E-state index contributed by atoms with van der Waals surface area (Å²) >= 11 is 1.29. The van der Waals surface area contributed by atoms with Crippen LogP contribution in [0.4, 0.5) is 10.1 Å². The Morgan fingerprint density at radius 1 is 1.16 bits per heavy atom. The van der Waals surface area contributed by atoms with Crippen molar-refractivity contribution in [3.8, 4) is 0 Å². The van der Waals surface area contributed by atoms with Gasteiger partial charge in [-0.3, -0.25) is 9.59 Å². The third-order valence-electron chi connectivity index (χ3n) is 4.58. The summed E-state index contributed by atoms with van der Waals surface area (Å²) in [4.78, 5) is 25.0. The van der Waals surface area contributed by atoms with E-state index >= 15 is 0 Å². The highest BCUT2D eigenvalue weighted by atomic mass is 32.2. The van der Waals surface area contributed by atoms with Gasteiger partial charge in [0, 0.05) is 12.2 Å². The number of rotatable bonds is 10. The van der Waals surface area contributed by atoms with Crippen molar-refractivity contribution in [3.05, 3.63) is 84.5 Å². The molecule has 2 N–H and O–H groups in total. The number of aromatic nitrogens is 3. The van der Waals surface area contributed by atoms with E-state index in [0.717, 1.165) is 5.69 Å². The van der Waals surface area contributed by atoms with Crippen LogP contribution in [0.15, 0.2) is 72.4 Å². The number of amides is 2. The van der Waals surface area contributed by atoms with E-state index in [1.165, 1.54) is 30.0 Å². The van der Waals surface area contributed by atoms with E-state index in [0.29, 0.717) is 23.9 Å². The monoisotopic (exact) mass is 453 g/mol. The van der Waals surface area contributed by atoms with Gasteiger partial charge in [-0.2, -0.15) is 0 Å². The van der Waals surface area contributed by atoms with Crippen molar-refractivity contribution in [2.45, 2.75) is 36.8 Å². The third-order valence-corrected chi connectivity index (χ3v) is 5.93. The summed E-state index contributed by atoms with van der Waals surface area (Å²) < 4.78 is 15.6. The fourth-order valence-electron chi connectivity index (χ4n) is 2.94. The first kappa shape index (κ1) is 23.2. The molecule has 166 valence electrons. The zero-order valence-electron chi connectivity index (χ0n) is 17.6. The van der Waals surface area contributed by atoms with Crippen molar-refractivity contribution < 1.29 is 14.0 Å². The van der Waals surface area contributed by atoms with Crippen LogP contribution < -0.4 is 10.6 Å². The Labute approximate surface area is 190 Å². The number of allylic oxidation sites excluding steroid dienone is 1. The predicted molar refractivity (Wildman–Crippen MR) is 123 cm³/mol. The van der Waals surface area contributed by atoms with Gasteiger partial charge in [0.05, 0.1) is 17.4 Å². The molecule has 3 rings (SSSR count). The fourth-order valence-corrected chi connectivity index (χ4v) is 3.93. The first-order chi connectivity index (χ1) is 15.5. The van der Waals surface area contributed by atoms with Crippen LogP contribution in [0.25, 0.3) is 0 Å². The minimum Gasteiger partial charge on any atom is -0.345 e. The van der Waals surface area contributed by atoms with Crippen LogP contribution in [0.3, 0.4) is 0 Å². The molecule has 0 aliphatic rings. The number of para-hydroxylation sites is 1. The van der Waals surface area contributed by atoms with E-state index in [1.807, 2.05) is 37.3 Å². The summed E-state index contributed by atoms with van der Waals surface area (Å²) in [5.41, 5.74) is 0.682. The average Bonchev–Trinajstić information content (AvgIpc) is 3.18. The molecule has 1 heterocycles. The summed E-state index contributed by atoms with van der Waals surface area (Å²) in [7, 11) is 0. The lowest BCUT2D eigenvalue weighted by Gasteiger charge is -2.15. The topological polar surface area (TPSA) is 88.9 Å². The molecule has 2 aromatic carbocycles. The zero-order chi connectivity index (χ0) is 22.9. The fraction of sp³-hybridized carbons (Fsp3) is 0.217. The van der Waals surface area contributed by atoms with Crippen molar-refractivity contribution in [1.29, 1.82) is 0 Å². The molecule has 0 saturated carbocycles. The number of hydrogen-bond donors (Lipinski definition) is 2. The van der Waals surface area contributed by atoms with Gasteiger partial charge in [-0.1, -0.05) is 55.1 Å². The van der Waals surface area contributed by atoms with Crippen molar-refractivity contribution >= 4 is 29.3 Å². The van der Waals surface area contributed by atoms with Gasteiger partial charge in [0.1, 0.15) is 5.82 Å². The average molecular weight is 454 g/mol. The molecule has 2 amide bonds. The van der Waals surface area contributed by atoms with Gasteiger partial charge in [0.2, 0.25) is 5.91 Å². The quantitative estimate of drug-likeness (QED) is 0.357. The van der Waals surface area contributed by atoms with Crippen LogP contribution in [-0.2, 0) is 17.9 Å². The molecule has 3 aromatic rings. The molecule has 0 bridgehead atoms.